The molecule has 1 aromatic rings. The molecule has 1 aliphatic heterocycles. The first-order valence-electron chi connectivity index (χ1n) is 5.44. The summed E-state index contributed by atoms with van der Waals surface area (Å²) in [5.41, 5.74) is 0.571. The molecule has 17 heavy (non-hydrogen) atoms. The number of nitrogens with zero attached hydrogens (tertiary/aromatic N) is 1. The van der Waals surface area contributed by atoms with Crippen LogP contribution in [-0.2, 0) is 4.74 Å². The zero-order valence-corrected chi connectivity index (χ0v) is 12.4. The Labute approximate surface area is 119 Å². The van der Waals surface area contributed by atoms with E-state index in [0.29, 0.717) is 30.3 Å². The zero-order chi connectivity index (χ0) is 12.4. The Hall–Kier alpha value is -0.330. The molecule has 1 aliphatic rings. The second kappa shape index (κ2) is 5.54. The van der Waals surface area contributed by atoms with Crippen molar-refractivity contribution < 1.29 is 9.53 Å². The first kappa shape index (κ1) is 13.1. The Bertz CT molecular complexity index is 439. The van der Waals surface area contributed by atoms with Crippen molar-refractivity contribution in [2.24, 2.45) is 0 Å². The topological polar surface area (TPSA) is 29.5 Å². The van der Waals surface area contributed by atoms with Crippen molar-refractivity contribution in [1.82, 2.24) is 4.90 Å². The van der Waals surface area contributed by atoms with E-state index in [1.807, 2.05) is 13.0 Å². The fraction of sp³-hybridized carbons (Fsp3) is 0.417. The highest BCUT2D eigenvalue weighted by atomic mass is 127. The molecule has 1 atom stereocenters. The van der Waals surface area contributed by atoms with Crippen molar-refractivity contribution in [3.05, 3.63) is 32.4 Å². The number of ether oxygens (including phenoxy) is 1. The van der Waals surface area contributed by atoms with Gasteiger partial charge in [-0.1, -0.05) is 11.6 Å². The van der Waals surface area contributed by atoms with Gasteiger partial charge in [0, 0.05) is 16.7 Å². The summed E-state index contributed by atoms with van der Waals surface area (Å²) in [5.74, 6) is -0.0125. The standard InChI is InChI=1S/C12H13ClINO2/c1-8-7-15(4-5-17-8)12(16)10-3-2-9(14)6-11(10)13/h2-3,6,8H,4-5,7H2,1H3/t8-/m1/s1. The predicted octanol–water partition coefficient (Wildman–Crippen LogP) is 2.81. The second-order valence-corrected chi connectivity index (χ2v) is 5.71. The highest BCUT2D eigenvalue weighted by Gasteiger charge is 2.23. The van der Waals surface area contributed by atoms with Gasteiger partial charge in [-0.05, 0) is 47.7 Å². The van der Waals surface area contributed by atoms with Gasteiger partial charge in [0.15, 0.2) is 0 Å². The Morgan fingerprint density at radius 1 is 1.59 bits per heavy atom. The van der Waals surface area contributed by atoms with Crippen LogP contribution in [0.2, 0.25) is 5.02 Å². The van der Waals surface area contributed by atoms with Gasteiger partial charge >= 0.3 is 0 Å². The summed E-state index contributed by atoms with van der Waals surface area (Å²) in [7, 11) is 0. The van der Waals surface area contributed by atoms with Gasteiger partial charge in [-0.25, -0.2) is 0 Å². The highest BCUT2D eigenvalue weighted by molar-refractivity contribution is 14.1. The lowest BCUT2D eigenvalue weighted by molar-refractivity contribution is -0.0124. The molecule has 1 amide bonds. The fourth-order valence-corrected chi connectivity index (χ4v) is 2.77. The minimum Gasteiger partial charge on any atom is -0.375 e. The van der Waals surface area contributed by atoms with Crippen LogP contribution in [0.5, 0.6) is 0 Å². The van der Waals surface area contributed by atoms with Crippen molar-refractivity contribution >= 4 is 40.1 Å². The third kappa shape index (κ3) is 3.11. The first-order chi connectivity index (χ1) is 8.08. The maximum Gasteiger partial charge on any atom is 0.255 e. The van der Waals surface area contributed by atoms with Gasteiger partial charge in [0.25, 0.3) is 5.91 Å². The van der Waals surface area contributed by atoms with Gasteiger partial charge in [-0.3, -0.25) is 4.79 Å². The van der Waals surface area contributed by atoms with Crippen LogP contribution in [-0.4, -0.2) is 36.6 Å². The van der Waals surface area contributed by atoms with E-state index in [4.69, 9.17) is 16.3 Å². The van der Waals surface area contributed by atoms with E-state index < -0.39 is 0 Å². The fourth-order valence-electron chi connectivity index (χ4n) is 1.84. The van der Waals surface area contributed by atoms with Crippen molar-refractivity contribution in [2.45, 2.75) is 13.0 Å². The van der Waals surface area contributed by atoms with Crippen LogP contribution in [0.4, 0.5) is 0 Å². The molecular formula is C12H13ClINO2. The molecule has 5 heteroatoms. The van der Waals surface area contributed by atoms with Crippen LogP contribution in [0, 0.1) is 3.57 Å². The Morgan fingerprint density at radius 3 is 3.00 bits per heavy atom. The van der Waals surface area contributed by atoms with Gasteiger partial charge in [-0.15, -0.1) is 0 Å². The van der Waals surface area contributed by atoms with E-state index in [1.54, 1.807) is 17.0 Å². The molecule has 0 unspecified atom stereocenters. The Morgan fingerprint density at radius 2 is 2.35 bits per heavy atom. The smallest absolute Gasteiger partial charge is 0.255 e. The average Bonchev–Trinajstić information content (AvgIpc) is 2.28. The molecule has 0 bridgehead atoms. The minimum absolute atomic E-state index is 0.0125. The zero-order valence-electron chi connectivity index (χ0n) is 9.45. The Kier molecular flexibility index (Phi) is 4.27. The number of amides is 1. The molecule has 0 radical (unpaired) electrons. The van der Waals surface area contributed by atoms with E-state index in [1.165, 1.54) is 0 Å². The van der Waals surface area contributed by atoms with Crippen LogP contribution in [0.25, 0.3) is 0 Å². The van der Waals surface area contributed by atoms with Crippen molar-refractivity contribution in [2.75, 3.05) is 19.7 Å². The predicted molar refractivity (Wildman–Crippen MR) is 75.5 cm³/mol. The molecule has 1 heterocycles. The summed E-state index contributed by atoms with van der Waals surface area (Å²) in [4.78, 5) is 14.1. The number of rotatable bonds is 1. The van der Waals surface area contributed by atoms with Crippen molar-refractivity contribution in [3.63, 3.8) is 0 Å². The summed E-state index contributed by atoms with van der Waals surface area (Å²) in [6.45, 7) is 3.82. The quantitative estimate of drug-likeness (QED) is 0.716. The van der Waals surface area contributed by atoms with Crippen LogP contribution >= 0.6 is 34.2 Å². The normalized spacial score (nSPS) is 20.4. The molecule has 0 N–H and O–H groups in total. The maximum absolute atomic E-state index is 12.3. The molecule has 2 rings (SSSR count). The lowest BCUT2D eigenvalue weighted by Gasteiger charge is -2.31. The third-order valence-corrected chi connectivity index (χ3v) is 3.67. The number of hydrogen-bond donors (Lipinski definition) is 0. The molecule has 0 spiro atoms. The van der Waals surface area contributed by atoms with E-state index in [0.717, 1.165) is 3.57 Å². The molecule has 1 saturated heterocycles. The van der Waals surface area contributed by atoms with Gasteiger partial charge in [0.2, 0.25) is 0 Å². The lowest BCUT2D eigenvalue weighted by Crippen LogP contribution is -2.44. The minimum atomic E-state index is -0.0125. The largest absolute Gasteiger partial charge is 0.375 e. The van der Waals surface area contributed by atoms with Crippen LogP contribution in [0.3, 0.4) is 0 Å². The van der Waals surface area contributed by atoms with Crippen LogP contribution < -0.4 is 0 Å². The molecule has 0 saturated carbocycles. The molecule has 0 aromatic heterocycles. The van der Waals surface area contributed by atoms with Crippen molar-refractivity contribution in [3.8, 4) is 0 Å². The van der Waals surface area contributed by atoms with E-state index >= 15 is 0 Å². The molecule has 3 nitrogen and oxygen atoms in total. The number of carbonyl (C=O) groups is 1. The van der Waals surface area contributed by atoms with Crippen LogP contribution in [0.1, 0.15) is 17.3 Å². The number of morpholine rings is 1. The molecule has 1 fully saturated rings. The van der Waals surface area contributed by atoms with Gasteiger partial charge in [0.05, 0.1) is 23.3 Å². The average molecular weight is 366 g/mol. The first-order valence-corrected chi connectivity index (χ1v) is 6.89. The summed E-state index contributed by atoms with van der Waals surface area (Å²) in [6, 6.07) is 5.48. The monoisotopic (exact) mass is 365 g/mol. The van der Waals surface area contributed by atoms with Gasteiger partial charge < -0.3 is 9.64 Å². The van der Waals surface area contributed by atoms with E-state index in [-0.39, 0.29) is 12.0 Å². The highest BCUT2D eigenvalue weighted by Crippen LogP contribution is 2.21. The second-order valence-electron chi connectivity index (χ2n) is 4.06. The number of hydrogen-bond acceptors (Lipinski definition) is 2. The third-order valence-electron chi connectivity index (χ3n) is 2.69. The number of halogens is 2. The molecule has 1 aromatic carbocycles. The number of carbonyl (C=O) groups excluding carboxylic acids is 1. The van der Waals surface area contributed by atoms with Gasteiger partial charge in [0.1, 0.15) is 0 Å². The van der Waals surface area contributed by atoms with E-state index in [9.17, 15) is 4.79 Å². The summed E-state index contributed by atoms with van der Waals surface area (Å²) in [6.07, 6.45) is 0.0929. The number of benzene rings is 1. The molecule has 92 valence electrons. The van der Waals surface area contributed by atoms with Gasteiger partial charge in [-0.2, -0.15) is 0 Å². The Balaban J connectivity index is 2.18. The molecule has 0 aliphatic carbocycles. The van der Waals surface area contributed by atoms with E-state index in [2.05, 4.69) is 22.6 Å². The summed E-state index contributed by atoms with van der Waals surface area (Å²) < 4.78 is 6.44. The maximum atomic E-state index is 12.3. The summed E-state index contributed by atoms with van der Waals surface area (Å²) >= 11 is 8.27. The SMILES string of the molecule is C[C@@H]1CN(C(=O)c2ccc(I)cc2Cl)CCO1. The van der Waals surface area contributed by atoms with Crippen molar-refractivity contribution in [1.29, 1.82) is 0 Å². The van der Waals surface area contributed by atoms with Crippen LogP contribution in [0.15, 0.2) is 18.2 Å². The summed E-state index contributed by atoms with van der Waals surface area (Å²) in [5, 5.41) is 0.515. The lowest BCUT2D eigenvalue weighted by atomic mass is 10.2. The molecular weight excluding hydrogens is 352 g/mol.